The number of fused-ring (bicyclic) bond motifs is 5. The van der Waals surface area contributed by atoms with Crippen molar-refractivity contribution in [3.05, 3.63) is 163 Å². The summed E-state index contributed by atoms with van der Waals surface area (Å²) in [6.45, 7) is 2.36. The predicted molar refractivity (Wildman–Crippen MR) is 187 cm³/mol. The lowest BCUT2D eigenvalue weighted by atomic mass is 9.85. The van der Waals surface area contributed by atoms with Gasteiger partial charge in [-0.2, -0.15) is 0 Å². The summed E-state index contributed by atoms with van der Waals surface area (Å²) in [7, 11) is 0. The molecule has 1 aliphatic carbocycles. The molecular weight excluding hydrogens is 560 g/mol. The molecule has 2 heterocycles. The fourth-order valence-electron chi connectivity index (χ4n) is 7.40. The number of hydrogen-bond donors (Lipinski definition) is 0. The van der Waals surface area contributed by atoms with Gasteiger partial charge in [0.05, 0.1) is 0 Å². The number of hydrogen-bond acceptors (Lipinski definition) is 4. The topological polar surface area (TPSA) is 41.9 Å². The molecule has 0 amide bonds. The molecule has 0 N–H and O–H groups in total. The van der Waals surface area contributed by atoms with Crippen LogP contribution in [-0.2, 0) is 0 Å². The van der Waals surface area contributed by atoms with Crippen LogP contribution in [0.3, 0.4) is 0 Å². The molecule has 6 aromatic carbocycles. The largest absolute Gasteiger partial charge is 0.337 e. The minimum atomic E-state index is 0.226. The summed E-state index contributed by atoms with van der Waals surface area (Å²) in [5.74, 6) is 2.24. The Hall–Kier alpha value is -5.87. The fourth-order valence-corrected chi connectivity index (χ4v) is 7.40. The first kappa shape index (κ1) is 26.5. The number of aromatic nitrogens is 3. The van der Waals surface area contributed by atoms with Gasteiger partial charge in [-0.05, 0) is 70.6 Å². The molecule has 0 bridgehead atoms. The zero-order chi connectivity index (χ0) is 30.6. The van der Waals surface area contributed by atoms with Crippen LogP contribution < -0.4 is 4.90 Å². The maximum Gasteiger partial charge on any atom is 0.164 e. The molecule has 1 aliphatic heterocycles. The average molecular weight is 591 g/mol. The predicted octanol–water partition coefficient (Wildman–Crippen LogP) is 10.2. The summed E-state index contributed by atoms with van der Waals surface area (Å²) in [6, 6.07) is 53.8. The van der Waals surface area contributed by atoms with E-state index in [1.54, 1.807) is 0 Å². The molecule has 2 atom stereocenters. The van der Waals surface area contributed by atoms with Crippen LogP contribution in [0.4, 0.5) is 11.4 Å². The first-order chi connectivity index (χ1) is 22.7. The second kappa shape index (κ2) is 10.6. The van der Waals surface area contributed by atoms with Crippen molar-refractivity contribution in [3.63, 3.8) is 0 Å². The first-order valence-corrected chi connectivity index (χ1v) is 15.8. The van der Waals surface area contributed by atoms with E-state index in [-0.39, 0.29) is 12.0 Å². The molecule has 0 saturated carbocycles. The molecule has 46 heavy (non-hydrogen) atoms. The quantitative estimate of drug-likeness (QED) is 0.205. The second-order valence-corrected chi connectivity index (χ2v) is 12.0. The molecule has 0 spiro atoms. The van der Waals surface area contributed by atoms with Crippen LogP contribution in [0.15, 0.2) is 152 Å². The van der Waals surface area contributed by atoms with Crippen LogP contribution in [0.25, 0.3) is 56.4 Å². The molecule has 9 rings (SSSR count). The lowest BCUT2D eigenvalue weighted by molar-refractivity contribution is 0.675. The number of anilines is 2. The zero-order valence-electron chi connectivity index (χ0n) is 25.4. The van der Waals surface area contributed by atoms with Crippen molar-refractivity contribution in [1.29, 1.82) is 0 Å². The summed E-state index contributed by atoms with van der Waals surface area (Å²) in [5.41, 5.74) is 13.4. The lowest BCUT2D eigenvalue weighted by Crippen LogP contribution is -2.27. The standard InChI is InChI=1S/C42H30N4/c1-27-38-35-20-11-10-18-33(35)32-17-8-9-19-34(32)36-21-12-22-37(39(36)38)46(27)31-25-23-30(24-26-31)42-44-40(28-13-4-2-5-14-28)43-41(45-42)29-15-6-3-7-16-29/h2-27,38H,1H3. The summed E-state index contributed by atoms with van der Waals surface area (Å²) >= 11 is 0. The highest BCUT2D eigenvalue weighted by Gasteiger charge is 2.41. The van der Waals surface area contributed by atoms with Gasteiger partial charge < -0.3 is 4.90 Å². The van der Waals surface area contributed by atoms with Gasteiger partial charge in [-0.3, -0.25) is 0 Å². The third kappa shape index (κ3) is 4.18. The Bertz CT molecular complexity index is 2170. The minimum absolute atomic E-state index is 0.226. The molecule has 2 aliphatic rings. The van der Waals surface area contributed by atoms with Gasteiger partial charge in [0.15, 0.2) is 17.5 Å². The average Bonchev–Trinajstić information content (AvgIpc) is 3.36. The Labute approximate surface area is 268 Å². The molecule has 4 heteroatoms. The summed E-state index contributed by atoms with van der Waals surface area (Å²) in [6.07, 6.45) is 0. The third-order valence-corrected chi connectivity index (χ3v) is 9.45. The van der Waals surface area contributed by atoms with E-state index in [0.717, 1.165) is 22.4 Å². The monoisotopic (exact) mass is 590 g/mol. The van der Waals surface area contributed by atoms with Crippen molar-refractivity contribution >= 4 is 11.4 Å². The molecule has 0 fully saturated rings. The Morgan fingerprint density at radius 3 is 1.52 bits per heavy atom. The van der Waals surface area contributed by atoms with Crippen LogP contribution in [0.1, 0.15) is 24.0 Å². The molecule has 7 aromatic rings. The van der Waals surface area contributed by atoms with Crippen molar-refractivity contribution in [3.8, 4) is 56.4 Å². The Balaban J connectivity index is 1.15. The lowest BCUT2D eigenvalue weighted by Gasteiger charge is -2.29. The van der Waals surface area contributed by atoms with Crippen LogP contribution >= 0.6 is 0 Å². The highest BCUT2D eigenvalue weighted by atomic mass is 15.2. The van der Waals surface area contributed by atoms with Crippen molar-refractivity contribution in [2.24, 2.45) is 0 Å². The minimum Gasteiger partial charge on any atom is -0.337 e. The van der Waals surface area contributed by atoms with E-state index >= 15 is 0 Å². The molecular formula is C42H30N4. The van der Waals surface area contributed by atoms with Gasteiger partial charge in [-0.1, -0.05) is 121 Å². The van der Waals surface area contributed by atoms with Crippen LogP contribution in [0.5, 0.6) is 0 Å². The molecule has 1 aromatic heterocycles. The second-order valence-electron chi connectivity index (χ2n) is 12.0. The van der Waals surface area contributed by atoms with Gasteiger partial charge in [0, 0.05) is 40.0 Å². The summed E-state index contributed by atoms with van der Waals surface area (Å²) in [5, 5.41) is 0. The van der Waals surface area contributed by atoms with E-state index in [9.17, 15) is 0 Å². The Morgan fingerprint density at radius 1 is 0.435 bits per heavy atom. The highest BCUT2D eigenvalue weighted by Crippen LogP contribution is 2.56. The number of nitrogens with zero attached hydrogens (tertiary/aromatic N) is 4. The van der Waals surface area contributed by atoms with Gasteiger partial charge in [-0.25, -0.2) is 15.0 Å². The van der Waals surface area contributed by atoms with Gasteiger partial charge in [0.2, 0.25) is 0 Å². The normalized spacial score (nSPS) is 15.9. The molecule has 218 valence electrons. The van der Waals surface area contributed by atoms with Crippen molar-refractivity contribution in [2.75, 3.05) is 4.90 Å². The van der Waals surface area contributed by atoms with E-state index in [4.69, 9.17) is 15.0 Å². The zero-order valence-corrected chi connectivity index (χ0v) is 25.4. The van der Waals surface area contributed by atoms with Crippen LogP contribution in [0.2, 0.25) is 0 Å². The fraction of sp³-hybridized carbons (Fsp3) is 0.0714. The summed E-state index contributed by atoms with van der Waals surface area (Å²) in [4.78, 5) is 17.3. The smallest absolute Gasteiger partial charge is 0.164 e. The first-order valence-electron chi connectivity index (χ1n) is 15.8. The van der Waals surface area contributed by atoms with E-state index in [1.165, 1.54) is 39.1 Å². The molecule has 0 radical (unpaired) electrons. The SMILES string of the molecule is CC1C2c3ccccc3-c3ccccc3-c3cccc(c32)N1c1ccc(-c2nc(-c3ccccc3)nc(-c3ccccc3)n2)cc1. The molecule has 0 saturated heterocycles. The van der Waals surface area contributed by atoms with Crippen molar-refractivity contribution in [1.82, 2.24) is 15.0 Å². The summed E-state index contributed by atoms with van der Waals surface area (Å²) < 4.78 is 0. The maximum absolute atomic E-state index is 4.94. The van der Waals surface area contributed by atoms with Crippen LogP contribution in [-0.4, -0.2) is 21.0 Å². The van der Waals surface area contributed by atoms with E-state index in [1.807, 2.05) is 60.7 Å². The van der Waals surface area contributed by atoms with Gasteiger partial charge in [0.1, 0.15) is 0 Å². The van der Waals surface area contributed by atoms with E-state index < -0.39 is 0 Å². The number of benzene rings is 6. The highest BCUT2D eigenvalue weighted by molar-refractivity contribution is 5.94. The molecule has 4 nitrogen and oxygen atoms in total. The van der Waals surface area contributed by atoms with E-state index in [2.05, 4.69) is 103 Å². The Morgan fingerprint density at radius 2 is 0.913 bits per heavy atom. The maximum atomic E-state index is 4.94. The number of rotatable bonds is 4. The Kier molecular flexibility index (Phi) is 6.13. The third-order valence-electron chi connectivity index (χ3n) is 9.45. The van der Waals surface area contributed by atoms with Gasteiger partial charge in [-0.15, -0.1) is 0 Å². The van der Waals surface area contributed by atoms with Crippen molar-refractivity contribution < 1.29 is 0 Å². The van der Waals surface area contributed by atoms with Gasteiger partial charge in [0.25, 0.3) is 0 Å². The van der Waals surface area contributed by atoms with Crippen molar-refractivity contribution in [2.45, 2.75) is 18.9 Å². The van der Waals surface area contributed by atoms with Crippen LogP contribution in [0, 0.1) is 0 Å². The van der Waals surface area contributed by atoms with Gasteiger partial charge >= 0.3 is 0 Å². The van der Waals surface area contributed by atoms with E-state index in [0.29, 0.717) is 17.5 Å². The molecule has 2 unspecified atom stereocenters.